The highest BCUT2D eigenvalue weighted by atomic mass is 32.2. The summed E-state index contributed by atoms with van der Waals surface area (Å²) in [5, 5.41) is 21.7. The lowest BCUT2D eigenvalue weighted by atomic mass is 9.76. The average Bonchev–Trinajstić information content (AvgIpc) is 3.10. The number of ether oxygens (including phenoxy) is 1. The number of rotatable bonds is 3. The van der Waals surface area contributed by atoms with E-state index in [-0.39, 0.29) is 23.2 Å². The number of anilines is 1. The van der Waals surface area contributed by atoms with E-state index in [1.54, 1.807) is 0 Å². The molecule has 2 amide bonds. The molecule has 28 heavy (non-hydrogen) atoms. The quantitative estimate of drug-likeness (QED) is 0.696. The van der Waals surface area contributed by atoms with Gasteiger partial charge < -0.3 is 15.2 Å². The maximum absolute atomic E-state index is 14.3. The van der Waals surface area contributed by atoms with Crippen LogP contribution < -0.4 is 15.2 Å². The summed E-state index contributed by atoms with van der Waals surface area (Å²) in [5.74, 6) is -0.0239. The number of aromatic nitrogens is 2. The highest BCUT2D eigenvalue weighted by Crippen LogP contribution is 2.43. The van der Waals surface area contributed by atoms with Gasteiger partial charge in [0.05, 0.1) is 19.3 Å². The highest BCUT2D eigenvalue weighted by molar-refractivity contribution is 7.91. The number of hydrogen-bond acceptors (Lipinski definition) is 5. The molecule has 5 rings (SSSR count). The molecule has 1 aliphatic heterocycles. The van der Waals surface area contributed by atoms with E-state index in [0.717, 1.165) is 11.1 Å². The third kappa shape index (κ3) is 2.46. The van der Waals surface area contributed by atoms with Crippen LogP contribution >= 0.6 is 0 Å². The number of carbonyl (C=O) groups is 1. The van der Waals surface area contributed by atoms with Gasteiger partial charge >= 0.3 is 6.03 Å². The van der Waals surface area contributed by atoms with Crippen molar-refractivity contribution < 1.29 is 23.2 Å². The molecule has 1 aromatic carbocycles. The van der Waals surface area contributed by atoms with Crippen LogP contribution in [0, 0.1) is 5.82 Å². The van der Waals surface area contributed by atoms with Crippen LogP contribution in [0.25, 0.3) is 0 Å². The zero-order valence-corrected chi connectivity index (χ0v) is 15.6. The molecule has 0 saturated heterocycles. The van der Waals surface area contributed by atoms with Crippen molar-refractivity contribution in [3.63, 3.8) is 0 Å². The molecule has 11 heteroatoms. The summed E-state index contributed by atoms with van der Waals surface area (Å²) in [5.41, 5.74) is 3.41. The fourth-order valence-electron chi connectivity index (χ4n) is 3.89. The second-order valence-electron chi connectivity index (χ2n) is 7.11. The first kappa shape index (κ1) is 17.6. The Hall–Kier alpha value is -2.50. The number of urea groups is 1. The van der Waals surface area contributed by atoms with E-state index in [1.807, 2.05) is 0 Å². The van der Waals surface area contributed by atoms with E-state index < -0.39 is 22.1 Å². The van der Waals surface area contributed by atoms with Crippen molar-refractivity contribution >= 4 is 21.6 Å². The fraction of sp³-hybridized carbons (Fsp3) is 0.412. The van der Waals surface area contributed by atoms with Gasteiger partial charge in [-0.3, -0.25) is 0 Å². The molecular weight excluding hydrogens is 389 g/mol. The third-order valence-electron chi connectivity index (χ3n) is 5.50. The molecule has 3 aliphatic rings. The first-order valence-electron chi connectivity index (χ1n) is 8.93. The Kier molecular flexibility index (Phi) is 3.77. The Labute approximate surface area is 160 Å². The van der Waals surface area contributed by atoms with Crippen LogP contribution in [0.15, 0.2) is 15.5 Å². The number of nitrogens with one attached hydrogen (secondary N) is 1. The number of halogens is 1. The predicted molar refractivity (Wildman–Crippen MR) is 97.0 cm³/mol. The van der Waals surface area contributed by atoms with E-state index in [0.29, 0.717) is 49.0 Å². The summed E-state index contributed by atoms with van der Waals surface area (Å²) in [7, 11) is -3.61. The smallest absolute Gasteiger partial charge is 0.354 e. The van der Waals surface area contributed by atoms with Crippen LogP contribution in [0.1, 0.15) is 22.3 Å². The summed E-state index contributed by atoms with van der Waals surface area (Å²) in [4.78, 5) is 12.5. The molecule has 0 spiro atoms. The van der Waals surface area contributed by atoms with Gasteiger partial charge in [-0.25, -0.2) is 23.2 Å². The number of aliphatic hydroxyl groups excluding tert-OH is 1. The summed E-state index contributed by atoms with van der Waals surface area (Å²) < 4.78 is 37.7. The topological polar surface area (TPSA) is 132 Å². The molecule has 0 saturated carbocycles. The molecule has 1 unspecified atom stereocenters. The predicted octanol–water partition coefficient (Wildman–Crippen LogP) is 0.905. The van der Waals surface area contributed by atoms with Crippen LogP contribution in [0.2, 0.25) is 0 Å². The van der Waals surface area contributed by atoms with E-state index in [2.05, 4.69) is 14.8 Å². The minimum absolute atomic E-state index is 0.00119. The first-order valence-corrected chi connectivity index (χ1v) is 10.5. The van der Waals surface area contributed by atoms with E-state index in [4.69, 9.17) is 9.88 Å². The number of benzene rings is 1. The Morgan fingerprint density at radius 2 is 2.00 bits per heavy atom. The molecule has 2 aromatic rings. The molecule has 2 heterocycles. The maximum atomic E-state index is 14.3. The number of nitrogens with two attached hydrogens (primary N) is 1. The Morgan fingerprint density at radius 1 is 1.36 bits per heavy atom. The summed E-state index contributed by atoms with van der Waals surface area (Å²) in [6.45, 7) is 0.0639. The second kappa shape index (κ2) is 6.00. The van der Waals surface area contributed by atoms with Crippen molar-refractivity contribution in [1.82, 2.24) is 9.78 Å². The van der Waals surface area contributed by atoms with E-state index in [9.17, 15) is 18.5 Å². The third-order valence-corrected chi connectivity index (χ3v) is 6.84. The normalized spacial score (nSPS) is 20.6. The molecule has 4 N–H and O–H groups in total. The minimum Gasteiger partial charge on any atom is -0.469 e. The summed E-state index contributed by atoms with van der Waals surface area (Å²) >= 11 is 0. The SMILES string of the molecule is NS(=O)(=NC(=O)Nc1c2c(c(F)c3c1CC3)CC2)c1cnn2c1O[C@H](CO)C2. The molecule has 0 fully saturated rings. The van der Waals surface area contributed by atoms with Gasteiger partial charge in [0.1, 0.15) is 16.8 Å². The van der Waals surface area contributed by atoms with Gasteiger partial charge in [-0.15, -0.1) is 4.36 Å². The highest BCUT2D eigenvalue weighted by Gasteiger charge is 2.34. The van der Waals surface area contributed by atoms with E-state index >= 15 is 0 Å². The second-order valence-corrected chi connectivity index (χ2v) is 8.87. The Morgan fingerprint density at radius 3 is 2.57 bits per heavy atom. The zero-order chi connectivity index (χ0) is 19.6. The lowest BCUT2D eigenvalue weighted by molar-refractivity contribution is 0.130. The number of fused-ring (bicyclic) bond motifs is 3. The van der Waals surface area contributed by atoms with E-state index in [1.165, 1.54) is 10.9 Å². The summed E-state index contributed by atoms with van der Waals surface area (Å²) in [6.07, 6.45) is 3.39. The maximum Gasteiger partial charge on any atom is 0.354 e. The molecule has 9 nitrogen and oxygen atoms in total. The van der Waals surface area contributed by atoms with Crippen LogP contribution in [-0.2, 0) is 42.1 Å². The molecule has 0 radical (unpaired) electrons. The average molecular weight is 407 g/mol. The number of nitrogens with zero attached hydrogens (tertiary/aromatic N) is 3. The largest absolute Gasteiger partial charge is 0.469 e. The molecule has 2 aliphatic carbocycles. The van der Waals surface area contributed by atoms with Gasteiger partial charge in [0, 0.05) is 5.69 Å². The van der Waals surface area contributed by atoms with Crippen molar-refractivity contribution in [2.75, 3.05) is 11.9 Å². The summed E-state index contributed by atoms with van der Waals surface area (Å²) in [6, 6.07) is -0.862. The number of amides is 2. The Bertz CT molecular complexity index is 1120. The molecule has 148 valence electrons. The van der Waals surface area contributed by atoms with Gasteiger partial charge in [-0.1, -0.05) is 0 Å². The van der Waals surface area contributed by atoms with Gasteiger partial charge in [0.15, 0.2) is 9.92 Å². The monoisotopic (exact) mass is 407 g/mol. The van der Waals surface area contributed by atoms with Gasteiger partial charge in [0.25, 0.3) is 0 Å². The molecule has 2 atom stereocenters. The molecular formula is C17H18FN5O4S. The van der Waals surface area contributed by atoms with Gasteiger partial charge in [0.2, 0.25) is 5.88 Å². The number of aliphatic hydroxyl groups is 1. The minimum atomic E-state index is -3.61. The van der Waals surface area contributed by atoms with Crippen molar-refractivity contribution in [2.24, 2.45) is 9.50 Å². The van der Waals surface area contributed by atoms with Gasteiger partial charge in [-0.2, -0.15) is 5.10 Å². The number of hydrogen-bond donors (Lipinski definition) is 3. The van der Waals surface area contributed by atoms with Crippen LogP contribution in [0.3, 0.4) is 0 Å². The molecule has 0 bridgehead atoms. The lowest BCUT2D eigenvalue weighted by Gasteiger charge is -2.32. The van der Waals surface area contributed by atoms with Crippen LogP contribution in [0.4, 0.5) is 14.9 Å². The lowest BCUT2D eigenvalue weighted by Crippen LogP contribution is -2.26. The standard InChI is InChI=1S/C17H18FN5O4S/c18-14-9-1-3-11(9)15(12-4-2-10(12)14)21-17(25)22-28(19,26)13-5-20-23-6-8(7-24)27-16(13)23/h5,8,24H,1-4,6-7H2,(H3,19,21,22,25,26)/t8-,28?/m0/s1. The van der Waals surface area contributed by atoms with Crippen molar-refractivity contribution in [3.8, 4) is 5.88 Å². The first-order chi connectivity index (χ1) is 13.4. The van der Waals surface area contributed by atoms with Crippen molar-refractivity contribution in [1.29, 1.82) is 0 Å². The van der Waals surface area contributed by atoms with Crippen LogP contribution in [-0.4, -0.2) is 37.8 Å². The molecule has 1 aromatic heterocycles. The van der Waals surface area contributed by atoms with Crippen LogP contribution in [0.5, 0.6) is 5.88 Å². The van der Waals surface area contributed by atoms with Crippen molar-refractivity contribution in [2.45, 2.75) is 43.2 Å². The Balaban J connectivity index is 1.45. The number of carbonyl (C=O) groups excluding carboxylic acids is 1. The van der Waals surface area contributed by atoms with Gasteiger partial charge in [-0.05, 0) is 47.9 Å². The zero-order valence-electron chi connectivity index (χ0n) is 14.8. The van der Waals surface area contributed by atoms with Crippen molar-refractivity contribution in [3.05, 3.63) is 34.3 Å². The fourth-order valence-corrected chi connectivity index (χ4v) is 4.89.